The average Bonchev–Trinajstić information content (AvgIpc) is 2.97. The minimum absolute atomic E-state index is 0.238. The number of nitrogens with one attached hydrogen (secondary N) is 2. The number of aromatic amines is 1. The summed E-state index contributed by atoms with van der Waals surface area (Å²) in [4.78, 5) is 8.65. The first-order valence-electron chi connectivity index (χ1n) is 6.17. The molecule has 2 N–H and O–H groups in total. The quantitative estimate of drug-likeness (QED) is 0.848. The topological polar surface area (TPSA) is 40.7 Å². The molecule has 0 spiro atoms. The van der Waals surface area contributed by atoms with Gasteiger partial charge in [-0.15, -0.1) is 11.3 Å². The molecule has 0 aromatic carbocycles. The molecule has 0 aliphatic heterocycles. The lowest BCUT2D eigenvalue weighted by Gasteiger charge is -2.16. The highest BCUT2D eigenvalue weighted by atomic mass is 35.5. The first-order valence-corrected chi connectivity index (χ1v) is 7.43. The molecule has 18 heavy (non-hydrogen) atoms. The van der Waals surface area contributed by atoms with E-state index in [4.69, 9.17) is 11.6 Å². The number of rotatable bonds is 6. The second-order valence-electron chi connectivity index (χ2n) is 4.34. The monoisotopic (exact) mass is 283 g/mol. The summed E-state index contributed by atoms with van der Waals surface area (Å²) >= 11 is 8.08. The minimum atomic E-state index is 0.238. The SMILES string of the molecule is CCCNC(Cc1ncc[nH]1)c1scc(C)c1Cl. The number of aryl methyl sites for hydroxylation is 1. The minimum Gasteiger partial charge on any atom is -0.349 e. The Labute approximate surface area is 117 Å². The summed E-state index contributed by atoms with van der Waals surface area (Å²) in [5.41, 5.74) is 1.15. The summed E-state index contributed by atoms with van der Waals surface area (Å²) < 4.78 is 0. The molecule has 0 fully saturated rings. The van der Waals surface area contributed by atoms with Crippen molar-refractivity contribution in [2.45, 2.75) is 32.7 Å². The number of hydrogen-bond acceptors (Lipinski definition) is 3. The lowest BCUT2D eigenvalue weighted by atomic mass is 10.1. The second-order valence-corrected chi connectivity index (χ2v) is 5.63. The molecule has 0 amide bonds. The average molecular weight is 284 g/mol. The molecule has 2 aromatic heterocycles. The summed E-state index contributed by atoms with van der Waals surface area (Å²) in [5.74, 6) is 0.991. The Balaban J connectivity index is 2.16. The largest absolute Gasteiger partial charge is 0.349 e. The van der Waals surface area contributed by atoms with Crippen LogP contribution in [0.2, 0.25) is 5.02 Å². The molecule has 2 rings (SSSR count). The van der Waals surface area contributed by atoms with Crippen LogP contribution < -0.4 is 5.32 Å². The normalized spacial score (nSPS) is 12.8. The van der Waals surface area contributed by atoms with Crippen LogP contribution in [0.5, 0.6) is 0 Å². The Morgan fingerprint density at radius 1 is 1.56 bits per heavy atom. The molecule has 3 nitrogen and oxygen atoms in total. The summed E-state index contributed by atoms with van der Waals surface area (Å²) in [6.07, 6.45) is 5.59. The van der Waals surface area contributed by atoms with Gasteiger partial charge >= 0.3 is 0 Å². The van der Waals surface area contributed by atoms with Crippen LogP contribution in [0.3, 0.4) is 0 Å². The molecule has 0 saturated heterocycles. The third kappa shape index (κ3) is 3.13. The maximum Gasteiger partial charge on any atom is 0.107 e. The molecule has 1 atom stereocenters. The summed E-state index contributed by atoms with van der Waals surface area (Å²) in [7, 11) is 0. The Kier molecular flexibility index (Phi) is 4.80. The summed E-state index contributed by atoms with van der Waals surface area (Å²) in [5, 5.41) is 6.54. The van der Waals surface area contributed by atoms with Gasteiger partial charge in [0.1, 0.15) is 5.82 Å². The van der Waals surface area contributed by atoms with Crippen molar-refractivity contribution in [1.82, 2.24) is 15.3 Å². The first-order chi connectivity index (χ1) is 8.72. The van der Waals surface area contributed by atoms with Gasteiger partial charge in [0.2, 0.25) is 0 Å². The van der Waals surface area contributed by atoms with E-state index in [-0.39, 0.29) is 6.04 Å². The number of H-pyrrole nitrogens is 1. The van der Waals surface area contributed by atoms with E-state index in [9.17, 15) is 0 Å². The number of imidazole rings is 1. The van der Waals surface area contributed by atoms with Gasteiger partial charge in [0, 0.05) is 23.7 Å². The van der Waals surface area contributed by atoms with E-state index in [0.717, 1.165) is 35.8 Å². The van der Waals surface area contributed by atoms with Crippen molar-refractivity contribution in [2.75, 3.05) is 6.54 Å². The van der Waals surface area contributed by atoms with Gasteiger partial charge in [-0.25, -0.2) is 4.98 Å². The number of aromatic nitrogens is 2. The molecule has 0 aliphatic carbocycles. The molecular formula is C13H18ClN3S. The van der Waals surface area contributed by atoms with Gasteiger partial charge in [0.15, 0.2) is 0 Å². The van der Waals surface area contributed by atoms with Gasteiger partial charge < -0.3 is 10.3 Å². The van der Waals surface area contributed by atoms with E-state index in [1.54, 1.807) is 17.5 Å². The van der Waals surface area contributed by atoms with Crippen molar-refractivity contribution < 1.29 is 0 Å². The zero-order valence-corrected chi connectivity index (χ0v) is 12.2. The van der Waals surface area contributed by atoms with Crippen molar-refractivity contribution in [2.24, 2.45) is 0 Å². The number of halogens is 1. The van der Waals surface area contributed by atoms with Crippen molar-refractivity contribution in [3.8, 4) is 0 Å². The number of thiophene rings is 1. The molecule has 1 unspecified atom stereocenters. The highest BCUT2D eigenvalue weighted by molar-refractivity contribution is 7.10. The molecule has 98 valence electrons. The lowest BCUT2D eigenvalue weighted by Crippen LogP contribution is -2.24. The van der Waals surface area contributed by atoms with Crippen molar-refractivity contribution >= 4 is 22.9 Å². The molecule has 0 radical (unpaired) electrons. The van der Waals surface area contributed by atoms with Crippen molar-refractivity contribution in [3.05, 3.63) is 39.1 Å². The smallest absolute Gasteiger partial charge is 0.107 e. The van der Waals surface area contributed by atoms with E-state index >= 15 is 0 Å². The summed E-state index contributed by atoms with van der Waals surface area (Å²) in [6, 6.07) is 0.238. The molecule has 0 bridgehead atoms. The fourth-order valence-corrected chi connectivity index (χ4v) is 3.27. The number of nitrogens with zero attached hydrogens (tertiary/aromatic N) is 1. The van der Waals surface area contributed by atoms with Crippen LogP contribution in [-0.2, 0) is 6.42 Å². The van der Waals surface area contributed by atoms with Gasteiger partial charge in [0.05, 0.1) is 11.1 Å². The fourth-order valence-electron chi connectivity index (χ4n) is 1.86. The van der Waals surface area contributed by atoms with Crippen LogP contribution in [0, 0.1) is 6.92 Å². The second kappa shape index (κ2) is 6.36. The van der Waals surface area contributed by atoms with Crippen LogP contribution >= 0.6 is 22.9 Å². The Hall–Kier alpha value is -0.840. The maximum atomic E-state index is 6.36. The maximum absolute atomic E-state index is 6.36. The van der Waals surface area contributed by atoms with Crippen LogP contribution in [-0.4, -0.2) is 16.5 Å². The van der Waals surface area contributed by atoms with E-state index < -0.39 is 0 Å². The van der Waals surface area contributed by atoms with Crippen molar-refractivity contribution in [3.63, 3.8) is 0 Å². The highest BCUT2D eigenvalue weighted by Crippen LogP contribution is 2.33. The molecule has 2 aromatic rings. The van der Waals surface area contributed by atoms with Crippen LogP contribution in [0.4, 0.5) is 0 Å². The van der Waals surface area contributed by atoms with E-state index in [1.807, 2.05) is 13.1 Å². The zero-order chi connectivity index (χ0) is 13.0. The molecular weight excluding hydrogens is 266 g/mol. The summed E-state index contributed by atoms with van der Waals surface area (Å²) in [6.45, 7) is 5.20. The highest BCUT2D eigenvalue weighted by Gasteiger charge is 2.18. The van der Waals surface area contributed by atoms with Crippen LogP contribution in [0.1, 0.15) is 35.7 Å². The number of hydrogen-bond donors (Lipinski definition) is 2. The van der Waals surface area contributed by atoms with Crippen LogP contribution in [0.25, 0.3) is 0 Å². The predicted octanol–water partition coefficient (Wildman–Crippen LogP) is 3.72. The lowest BCUT2D eigenvalue weighted by molar-refractivity contribution is 0.527. The molecule has 2 heterocycles. The van der Waals surface area contributed by atoms with Gasteiger partial charge in [-0.2, -0.15) is 0 Å². The van der Waals surface area contributed by atoms with Crippen molar-refractivity contribution in [1.29, 1.82) is 0 Å². The Bertz CT molecular complexity index is 478. The van der Waals surface area contributed by atoms with Gasteiger partial charge in [-0.05, 0) is 30.8 Å². The van der Waals surface area contributed by atoms with Crippen LogP contribution in [0.15, 0.2) is 17.8 Å². The first kappa shape index (κ1) is 13.6. The third-order valence-corrected chi connectivity index (χ3v) is 4.66. The zero-order valence-electron chi connectivity index (χ0n) is 10.7. The predicted molar refractivity (Wildman–Crippen MR) is 77.4 cm³/mol. The van der Waals surface area contributed by atoms with E-state index in [1.165, 1.54) is 4.88 Å². The fraction of sp³-hybridized carbons (Fsp3) is 0.462. The molecule has 0 aliphatic rings. The molecule has 5 heteroatoms. The van der Waals surface area contributed by atoms with Gasteiger partial charge in [0.25, 0.3) is 0 Å². The standard InChI is InChI=1S/C13H18ClN3S/c1-3-4-15-10(7-11-16-5-6-17-11)13-12(14)9(2)8-18-13/h5-6,8,10,15H,3-4,7H2,1-2H3,(H,16,17). The van der Waals surface area contributed by atoms with Gasteiger partial charge in [-0.3, -0.25) is 0 Å². The third-order valence-electron chi connectivity index (χ3n) is 2.83. The Morgan fingerprint density at radius 2 is 2.39 bits per heavy atom. The van der Waals surface area contributed by atoms with E-state index in [2.05, 4.69) is 27.6 Å². The Morgan fingerprint density at radius 3 is 2.94 bits per heavy atom. The van der Waals surface area contributed by atoms with E-state index in [0.29, 0.717) is 0 Å². The van der Waals surface area contributed by atoms with Gasteiger partial charge in [-0.1, -0.05) is 18.5 Å². The molecule has 0 saturated carbocycles.